The molecule has 0 saturated carbocycles. The van der Waals surface area contributed by atoms with Crippen molar-refractivity contribution in [3.05, 3.63) is 87.3 Å². The molecule has 0 aliphatic heterocycles. The number of benzene rings is 2. The number of thiazole rings is 1. The normalized spacial score (nSPS) is 11.2. The molecule has 0 spiro atoms. The summed E-state index contributed by atoms with van der Waals surface area (Å²) in [6, 6.07) is 13.8. The van der Waals surface area contributed by atoms with Crippen molar-refractivity contribution < 1.29 is 22.3 Å². The standard InChI is InChI=1S/C30H27BrFN5O4S2/c1-18(2)28(43(38)39)15-40-9-8-29-37-26(16-42-29)24-12-22-25(13-33-24)34-17-35-30(22)36-21-6-7-27(23(31)11-21)41-14-19-4-3-5-20(32)10-19/h3-7,10-13,16-18H,8-9,14-15H2,1-2H3,(H,34,35,36). The van der Waals surface area contributed by atoms with Crippen molar-refractivity contribution in [3.8, 4) is 17.1 Å². The largest absolute Gasteiger partial charge is 0.488 e. The summed E-state index contributed by atoms with van der Waals surface area (Å²) in [6.45, 7) is 4.33. The van der Waals surface area contributed by atoms with Gasteiger partial charge in [0.25, 0.3) is 0 Å². The van der Waals surface area contributed by atoms with E-state index in [4.69, 9.17) is 14.5 Å². The van der Waals surface area contributed by atoms with Crippen LogP contribution in [0.3, 0.4) is 0 Å². The average molecular weight is 685 g/mol. The number of halogens is 2. The van der Waals surface area contributed by atoms with E-state index in [2.05, 4.69) is 36.2 Å². The average Bonchev–Trinajstić information content (AvgIpc) is 3.45. The summed E-state index contributed by atoms with van der Waals surface area (Å²) < 4.78 is 48.3. The quantitative estimate of drug-likeness (QED) is 0.114. The van der Waals surface area contributed by atoms with Crippen LogP contribution in [0.1, 0.15) is 24.4 Å². The Morgan fingerprint density at radius 2 is 1.95 bits per heavy atom. The van der Waals surface area contributed by atoms with Crippen LogP contribution in [0.4, 0.5) is 15.9 Å². The monoisotopic (exact) mass is 683 g/mol. The lowest BCUT2D eigenvalue weighted by molar-refractivity contribution is 0.174. The first-order chi connectivity index (χ1) is 20.8. The zero-order valence-corrected chi connectivity index (χ0v) is 26.5. The molecule has 222 valence electrons. The Labute approximate surface area is 261 Å². The maximum Gasteiger partial charge on any atom is 0.215 e. The van der Waals surface area contributed by atoms with Crippen LogP contribution in [-0.2, 0) is 28.1 Å². The van der Waals surface area contributed by atoms with Gasteiger partial charge >= 0.3 is 0 Å². The van der Waals surface area contributed by atoms with Crippen LogP contribution in [0.5, 0.6) is 5.75 Å². The van der Waals surface area contributed by atoms with Crippen molar-refractivity contribution in [2.45, 2.75) is 26.9 Å². The molecule has 0 radical (unpaired) electrons. The molecule has 0 atom stereocenters. The predicted molar refractivity (Wildman–Crippen MR) is 170 cm³/mol. The Morgan fingerprint density at radius 1 is 1.09 bits per heavy atom. The van der Waals surface area contributed by atoms with E-state index in [9.17, 15) is 12.8 Å². The van der Waals surface area contributed by atoms with E-state index in [1.807, 2.05) is 49.6 Å². The van der Waals surface area contributed by atoms with Crippen molar-refractivity contribution in [2.24, 2.45) is 5.92 Å². The number of nitrogens with zero attached hydrogens (tertiary/aromatic N) is 4. The zero-order valence-electron chi connectivity index (χ0n) is 23.3. The fourth-order valence-electron chi connectivity index (χ4n) is 4.10. The lowest BCUT2D eigenvalue weighted by atomic mass is 10.1. The minimum absolute atomic E-state index is 0.0786. The Kier molecular flexibility index (Phi) is 10.1. The van der Waals surface area contributed by atoms with Crippen LogP contribution >= 0.6 is 27.3 Å². The lowest BCUT2D eigenvalue weighted by Crippen LogP contribution is -2.17. The highest BCUT2D eigenvalue weighted by molar-refractivity contribution is 9.10. The highest BCUT2D eigenvalue weighted by atomic mass is 79.9. The van der Waals surface area contributed by atoms with E-state index in [1.165, 1.54) is 29.8 Å². The molecule has 5 rings (SSSR count). The molecule has 0 aliphatic carbocycles. The first kappa shape index (κ1) is 30.7. The second-order valence-electron chi connectivity index (χ2n) is 9.78. The van der Waals surface area contributed by atoms with Crippen molar-refractivity contribution in [2.75, 3.05) is 18.5 Å². The molecule has 0 aliphatic rings. The van der Waals surface area contributed by atoms with Crippen LogP contribution in [0, 0.1) is 11.7 Å². The van der Waals surface area contributed by atoms with Gasteiger partial charge in [-0.25, -0.2) is 19.3 Å². The van der Waals surface area contributed by atoms with Crippen molar-refractivity contribution in [3.63, 3.8) is 0 Å². The van der Waals surface area contributed by atoms with Crippen molar-refractivity contribution in [1.82, 2.24) is 19.9 Å². The van der Waals surface area contributed by atoms with Crippen molar-refractivity contribution >= 4 is 64.8 Å². The van der Waals surface area contributed by atoms with Gasteiger partial charge in [0.05, 0.1) is 50.7 Å². The maximum atomic E-state index is 13.5. The molecule has 13 heteroatoms. The fraction of sp³-hybridized carbons (Fsp3) is 0.233. The molecule has 1 N–H and O–H groups in total. The van der Waals surface area contributed by atoms with E-state index in [1.54, 1.807) is 12.3 Å². The first-order valence-corrected chi connectivity index (χ1v) is 16.0. The summed E-state index contributed by atoms with van der Waals surface area (Å²) in [7, 11) is -2.25. The van der Waals surface area contributed by atoms with Crippen LogP contribution in [0.25, 0.3) is 22.3 Å². The molecule has 0 saturated heterocycles. The van der Waals surface area contributed by atoms with Crippen LogP contribution in [-0.4, -0.2) is 46.4 Å². The molecular formula is C30H27BrFN5O4S2. The molecule has 0 bridgehead atoms. The van der Waals surface area contributed by atoms with Crippen LogP contribution < -0.4 is 10.1 Å². The first-order valence-electron chi connectivity index (χ1n) is 13.3. The van der Waals surface area contributed by atoms with Gasteiger partial charge in [-0.15, -0.1) is 11.3 Å². The zero-order chi connectivity index (χ0) is 30.3. The van der Waals surface area contributed by atoms with Gasteiger partial charge in [0.15, 0.2) is 0 Å². The molecule has 9 nitrogen and oxygen atoms in total. The number of hydrogen-bond acceptors (Lipinski definition) is 10. The van der Waals surface area contributed by atoms with E-state index in [-0.39, 0.29) is 24.9 Å². The Bertz CT molecular complexity index is 1890. The highest BCUT2D eigenvalue weighted by Crippen LogP contribution is 2.32. The Hall–Kier alpha value is -3.78. The summed E-state index contributed by atoms with van der Waals surface area (Å²) in [5.74, 6) is 0.825. The summed E-state index contributed by atoms with van der Waals surface area (Å²) in [5, 5.41) is 6.91. The lowest BCUT2D eigenvalue weighted by Gasteiger charge is -2.12. The van der Waals surface area contributed by atoms with Crippen LogP contribution in [0.2, 0.25) is 0 Å². The SMILES string of the molecule is CC(C)C(COCCc1nc(-c2cc3c(Nc4ccc(OCc5cccc(F)c5)c(Br)c4)ncnc3cn2)cs1)=S(=O)=O. The third-order valence-corrected chi connectivity index (χ3v) is 8.92. The minimum atomic E-state index is -2.25. The van der Waals surface area contributed by atoms with Gasteiger partial charge in [0.1, 0.15) is 30.3 Å². The van der Waals surface area contributed by atoms with E-state index in [0.29, 0.717) is 46.4 Å². The highest BCUT2D eigenvalue weighted by Gasteiger charge is 2.13. The summed E-state index contributed by atoms with van der Waals surface area (Å²) in [4.78, 5) is 18.4. The molecule has 5 aromatic rings. The minimum Gasteiger partial charge on any atom is -0.488 e. The van der Waals surface area contributed by atoms with E-state index in [0.717, 1.165) is 26.1 Å². The molecular weight excluding hydrogens is 657 g/mol. The van der Waals surface area contributed by atoms with Gasteiger partial charge in [0, 0.05) is 22.9 Å². The number of ether oxygens (including phenoxy) is 2. The molecule has 3 heterocycles. The maximum absolute atomic E-state index is 13.5. The molecule has 3 aromatic heterocycles. The topological polar surface area (TPSA) is 116 Å². The van der Waals surface area contributed by atoms with Gasteiger partial charge in [-0.3, -0.25) is 4.98 Å². The summed E-state index contributed by atoms with van der Waals surface area (Å²) in [5.41, 5.74) is 3.58. The number of rotatable bonds is 12. The smallest absolute Gasteiger partial charge is 0.215 e. The number of aromatic nitrogens is 4. The van der Waals surface area contributed by atoms with E-state index < -0.39 is 10.3 Å². The van der Waals surface area contributed by atoms with E-state index >= 15 is 0 Å². The van der Waals surface area contributed by atoms with Crippen molar-refractivity contribution in [1.29, 1.82) is 0 Å². The number of anilines is 2. The van der Waals surface area contributed by atoms with Gasteiger partial charge < -0.3 is 14.8 Å². The molecule has 0 amide bonds. The second-order valence-corrected chi connectivity index (χ2v) is 12.6. The Morgan fingerprint density at radius 3 is 2.72 bits per heavy atom. The Balaban J connectivity index is 1.26. The second kappa shape index (κ2) is 14.1. The van der Waals surface area contributed by atoms with Crippen LogP contribution in [0.15, 0.2) is 70.9 Å². The summed E-state index contributed by atoms with van der Waals surface area (Å²) >= 11 is 5.05. The van der Waals surface area contributed by atoms with Gasteiger partial charge in [-0.2, -0.15) is 8.42 Å². The number of hydrogen-bond donors (Lipinski definition) is 1. The number of nitrogens with one attached hydrogen (secondary N) is 1. The van der Waals surface area contributed by atoms with Gasteiger partial charge in [-0.05, 0) is 63.8 Å². The third kappa shape index (κ3) is 7.99. The molecule has 0 fully saturated rings. The predicted octanol–water partition coefficient (Wildman–Crippen LogP) is 6.64. The fourth-order valence-corrected chi connectivity index (χ4v) is 5.93. The van der Waals surface area contributed by atoms with Gasteiger partial charge in [-0.1, -0.05) is 26.0 Å². The van der Waals surface area contributed by atoms with Gasteiger partial charge in [0.2, 0.25) is 10.3 Å². The number of pyridine rings is 1. The number of fused-ring (bicyclic) bond motifs is 1. The third-order valence-electron chi connectivity index (χ3n) is 6.38. The summed E-state index contributed by atoms with van der Waals surface area (Å²) in [6.07, 6.45) is 3.72. The molecule has 0 unspecified atom stereocenters. The molecule has 43 heavy (non-hydrogen) atoms. The molecule has 2 aromatic carbocycles.